The minimum absolute atomic E-state index is 0.401. The lowest BCUT2D eigenvalue weighted by molar-refractivity contribution is 0.373. The number of hydrogen-bond acceptors (Lipinski definition) is 5. The van der Waals surface area contributed by atoms with Crippen LogP contribution in [0.2, 0.25) is 0 Å². The van der Waals surface area contributed by atoms with Gasteiger partial charge in [0.05, 0.1) is 5.39 Å². The van der Waals surface area contributed by atoms with Crippen LogP contribution in [0.3, 0.4) is 0 Å². The van der Waals surface area contributed by atoms with Crippen molar-refractivity contribution in [1.82, 2.24) is 20.0 Å². The van der Waals surface area contributed by atoms with E-state index < -0.39 is 11.2 Å². The van der Waals surface area contributed by atoms with Crippen LogP contribution in [0.1, 0.15) is 18.4 Å². The Kier molecular flexibility index (Phi) is 3.78. The summed E-state index contributed by atoms with van der Waals surface area (Å²) in [5.41, 5.74) is 0.866. The highest BCUT2D eigenvalue weighted by molar-refractivity contribution is 5.84. The van der Waals surface area contributed by atoms with E-state index in [0.29, 0.717) is 17.3 Å². The van der Waals surface area contributed by atoms with Crippen molar-refractivity contribution in [1.29, 1.82) is 0 Å². The molecule has 1 aliphatic rings. The van der Waals surface area contributed by atoms with Crippen LogP contribution in [0.4, 0.5) is 0 Å². The van der Waals surface area contributed by atoms with Crippen LogP contribution in [0.15, 0.2) is 44.6 Å². The first-order valence-electron chi connectivity index (χ1n) is 8.12. The summed E-state index contributed by atoms with van der Waals surface area (Å²) in [5.74, 6) is 1.07. The topological polar surface area (TPSA) is 92.9 Å². The SMILES string of the molecule is O=c1ccn(-c2noc3ccc(CC4CCNCC4)cc23)c(=O)[nH]1. The molecule has 0 unspecified atom stereocenters. The van der Waals surface area contributed by atoms with Crippen molar-refractivity contribution >= 4 is 11.0 Å². The van der Waals surface area contributed by atoms with Gasteiger partial charge in [-0.3, -0.25) is 9.78 Å². The largest absolute Gasteiger partial charge is 0.354 e. The zero-order valence-corrected chi connectivity index (χ0v) is 13.1. The van der Waals surface area contributed by atoms with Crippen molar-refractivity contribution < 1.29 is 4.52 Å². The summed E-state index contributed by atoms with van der Waals surface area (Å²) in [6.07, 6.45) is 4.77. The lowest BCUT2D eigenvalue weighted by Crippen LogP contribution is -2.28. The van der Waals surface area contributed by atoms with Crippen LogP contribution >= 0.6 is 0 Å². The molecule has 4 rings (SSSR count). The molecule has 0 amide bonds. The Morgan fingerprint density at radius 1 is 1.21 bits per heavy atom. The second-order valence-electron chi connectivity index (χ2n) is 6.21. The van der Waals surface area contributed by atoms with Crippen LogP contribution in [0.25, 0.3) is 16.8 Å². The quantitative estimate of drug-likeness (QED) is 0.755. The molecule has 2 aromatic heterocycles. The minimum Gasteiger partial charge on any atom is -0.354 e. The molecule has 1 fully saturated rings. The summed E-state index contributed by atoms with van der Waals surface area (Å²) < 4.78 is 6.62. The Morgan fingerprint density at radius 2 is 2.04 bits per heavy atom. The number of piperidine rings is 1. The number of rotatable bonds is 3. The normalized spacial score (nSPS) is 15.8. The molecule has 24 heavy (non-hydrogen) atoms. The van der Waals surface area contributed by atoms with Crippen LogP contribution in [0.5, 0.6) is 0 Å². The van der Waals surface area contributed by atoms with Gasteiger partial charge in [-0.2, -0.15) is 0 Å². The third-order valence-electron chi connectivity index (χ3n) is 4.55. The van der Waals surface area contributed by atoms with E-state index in [1.54, 1.807) is 0 Å². The van der Waals surface area contributed by atoms with Crippen LogP contribution in [-0.2, 0) is 6.42 Å². The van der Waals surface area contributed by atoms with Crippen molar-refractivity contribution in [2.75, 3.05) is 13.1 Å². The van der Waals surface area contributed by atoms with Gasteiger partial charge in [0.1, 0.15) is 0 Å². The number of benzene rings is 1. The molecule has 3 aromatic rings. The molecule has 3 heterocycles. The summed E-state index contributed by atoms with van der Waals surface area (Å²) >= 11 is 0. The van der Waals surface area contributed by atoms with Gasteiger partial charge in [0, 0.05) is 12.3 Å². The average molecular weight is 326 g/mol. The van der Waals surface area contributed by atoms with Crippen molar-refractivity contribution in [3.8, 4) is 5.82 Å². The first-order valence-corrected chi connectivity index (χ1v) is 8.12. The summed E-state index contributed by atoms with van der Waals surface area (Å²) in [4.78, 5) is 25.5. The average Bonchev–Trinajstić information content (AvgIpc) is 2.99. The van der Waals surface area contributed by atoms with Crippen LogP contribution < -0.4 is 16.6 Å². The van der Waals surface area contributed by atoms with Gasteiger partial charge >= 0.3 is 5.69 Å². The smallest absolute Gasteiger partial charge is 0.334 e. The van der Waals surface area contributed by atoms with E-state index in [0.717, 1.165) is 24.9 Å². The lowest BCUT2D eigenvalue weighted by atomic mass is 9.91. The third kappa shape index (κ3) is 2.78. The molecular formula is C17H18N4O3. The molecule has 0 radical (unpaired) electrons. The van der Waals surface area contributed by atoms with Gasteiger partial charge in [-0.1, -0.05) is 11.2 Å². The van der Waals surface area contributed by atoms with E-state index in [1.807, 2.05) is 12.1 Å². The van der Waals surface area contributed by atoms with E-state index in [-0.39, 0.29) is 0 Å². The predicted molar refractivity (Wildman–Crippen MR) is 89.5 cm³/mol. The zero-order valence-electron chi connectivity index (χ0n) is 13.1. The van der Waals surface area contributed by atoms with Crippen LogP contribution in [-0.4, -0.2) is 27.8 Å². The van der Waals surface area contributed by atoms with Gasteiger partial charge in [0.2, 0.25) is 0 Å². The van der Waals surface area contributed by atoms with E-state index in [9.17, 15) is 9.59 Å². The number of hydrogen-bond donors (Lipinski definition) is 2. The van der Waals surface area contributed by atoms with E-state index in [1.165, 1.54) is 35.2 Å². The summed E-state index contributed by atoms with van der Waals surface area (Å²) in [7, 11) is 0. The summed E-state index contributed by atoms with van der Waals surface area (Å²) in [6, 6.07) is 7.26. The van der Waals surface area contributed by atoms with Crippen LogP contribution in [0, 0.1) is 5.92 Å². The molecule has 0 aliphatic carbocycles. The van der Waals surface area contributed by atoms with E-state index in [4.69, 9.17) is 4.52 Å². The fraction of sp³-hybridized carbons (Fsp3) is 0.353. The maximum atomic E-state index is 12.0. The van der Waals surface area contributed by atoms with Gasteiger partial charge in [-0.15, -0.1) is 0 Å². The number of aromatic amines is 1. The first-order chi connectivity index (χ1) is 11.7. The molecule has 0 saturated carbocycles. The van der Waals surface area contributed by atoms with Gasteiger partial charge in [-0.05, 0) is 56.0 Å². The number of nitrogens with zero attached hydrogens (tertiary/aromatic N) is 2. The molecule has 1 saturated heterocycles. The predicted octanol–water partition coefficient (Wildman–Crippen LogP) is 1.21. The van der Waals surface area contributed by atoms with Gasteiger partial charge in [0.25, 0.3) is 5.56 Å². The van der Waals surface area contributed by atoms with E-state index >= 15 is 0 Å². The molecule has 1 aromatic carbocycles. The number of fused-ring (bicyclic) bond motifs is 1. The fourth-order valence-corrected chi connectivity index (χ4v) is 3.28. The fourth-order valence-electron chi connectivity index (χ4n) is 3.28. The molecule has 0 bridgehead atoms. The Labute approximate surface area is 137 Å². The van der Waals surface area contributed by atoms with Crippen molar-refractivity contribution in [3.63, 3.8) is 0 Å². The Balaban J connectivity index is 1.73. The summed E-state index contributed by atoms with van der Waals surface area (Å²) in [6.45, 7) is 2.14. The highest BCUT2D eigenvalue weighted by atomic mass is 16.5. The van der Waals surface area contributed by atoms with Gasteiger partial charge < -0.3 is 9.84 Å². The molecular weight excluding hydrogens is 308 g/mol. The molecule has 0 spiro atoms. The maximum Gasteiger partial charge on any atom is 0.334 e. The van der Waals surface area contributed by atoms with Crippen molar-refractivity contribution in [3.05, 3.63) is 56.9 Å². The molecule has 7 heteroatoms. The van der Waals surface area contributed by atoms with Gasteiger partial charge in [0.15, 0.2) is 11.4 Å². The molecule has 1 aliphatic heterocycles. The zero-order chi connectivity index (χ0) is 16.5. The highest BCUT2D eigenvalue weighted by Crippen LogP contribution is 2.25. The van der Waals surface area contributed by atoms with E-state index in [2.05, 4.69) is 21.5 Å². The first kappa shape index (κ1) is 14.9. The second kappa shape index (κ2) is 6.09. The lowest BCUT2D eigenvalue weighted by Gasteiger charge is -2.22. The molecule has 7 nitrogen and oxygen atoms in total. The monoisotopic (exact) mass is 326 g/mol. The number of H-pyrrole nitrogens is 1. The minimum atomic E-state index is -0.526. The Morgan fingerprint density at radius 3 is 2.83 bits per heavy atom. The third-order valence-corrected chi connectivity index (χ3v) is 4.55. The molecule has 124 valence electrons. The summed E-state index contributed by atoms with van der Waals surface area (Å²) in [5, 5.41) is 8.15. The molecule has 2 N–H and O–H groups in total. The van der Waals surface area contributed by atoms with Crippen molar-refractivity contribution in [2.45, 2.75) is 19.3 Å². The standard InChI is InChI=1S/C17H18N4O3/c22-15-5-8-21(17(23)19-15)16-13-10-12(1-2-14(13)24-20-16)9-11-3-6-18-7-4-11/h1-2,5,8,10-11,18H,3-4,6-7,9H2,(H,19,22,23). The van der Waals surface area contributed by atoms with Crippen molar-refractivity contribution in [2.24, 2.45) is 5.92 Å². The highest BCUT2D eigenvalue weighted by Gasteiger charge is 2.16. The Bertz CT molecular complexity index is 979. The number of nitrogens with one attached hydrogen (secondary N) is 2. The maximum absolute atomic E-state index is 12.0. The Hall–Kier alpha value is -2.67. The van der Waals surface area contributed by atoms with Gasteiger partial charge in [-0.25, -0.2) is 9.36 Å². The molecule has 0 atom stereocenters. The second-order valence-corrected chi connectivity index (χ2v) is 6.21. The number of aromatic nitrogens is 3.